The molecule has 1 saturated carbocycles. The van der Waals surface area contributed by atoms with Crippen molar-refractivity contribution in [2.24, 2.45) is 11.8 Å². The van der Waals surface area contributed by atoms with Crippen molar-refractivity contribution in [3.8, 4) is 0 Å². The van der Waals surface area contributed by atoms with E-state index in [0.717, 1.165) is 43.9 Å². The number of nitrogens with one attached hydrogen (secondary N) is 3. The molecule has 3 aliphatic rings. The second-order valence-electron chi connectivity index (χ2n) is 15.9. The van der Waals surface area contributed by atoms with E-state index >= 15 is 0 Å². The predicted octanol–water partition coefficient (Wildman–Crippen LogP) is 1.51. The van der Waals surface area contributed by atoms with Crippen molar-refractivity contribution in [3.63, 3.8) is 0 Å². The van der Waals surface area contributed by atoms with Gasteiger partial charge in [-0.25, -0.2) is 8.42 Å². The van der Waals surface area contributed by atoms with Crippen molar-refractivity contribution >= 4 is 27.6 Å². The Morgan fingerprint density at radius 2 is 1.61 bits per heavy atom. The summed E-state index contributed by atoms with van der Waals surface area (Å²) in [6.45, 7) is 11.6. The molecule has 3 fully saturated rings. The van der Waals surface area contributed by atoms with Crippen LogP contribution >= 0.6 is 0 Å². The molecule has 0 radical (unpaired) electrons. The topological polar surface area (TPSA) is 157 Å². The fourth-order valence-corrected chi connectivity index (χ4v) is 7.94. The van der Waals surface area contributed by atoms with Crippen LogP contribution in [0.1, 0.15) is 72.3 Å². The molecular formula is C36H59N5O7S. The number of hydrogen-bond acceptors (Lipinski definition) is 9. The summed E-state index contributed by atoms with van der Waals surface area (Å²) >= 11 is 0. The molecular weight excluding hydrogens is 646 g/mol. The first-order chi connectivity index (χ1) is 22.9. The van der Waals surface area contributed by atoms with Crippen LogP contribution in [0.2, 0.25) is 0 Å². The lowest BCUT2D eigenvalue weighted by Gasteiger charge is -2.47. The molecule has 12 nitrogen and oxygen atoms in total. The second-order valence-corrected chi connectivity index (χ2v) is 18.5. The highest BCUT2D eigenvalue weighted by Crippen LogP contribution is 2.39. The molecule has 6 atom stereocenters. The lowest BCUT2D eigenvalue weighted by molar-refractivity contribution is -0.133. The summed E-state index contributed by atoms with van der Waals surface area (Å²) in [6.07, 6.45) is 5.43. The molecule has 4 rings (SSSR count). The zero-order valence-electron chi connectivity index (χ0n) is 30.2. The van der Waals surface area contributed by atoms with Crippen molar-refractivity contribution in [2.75, 3.05) is 52.2 Å². The van der Waals surface area contributed by atoms with E-state index < -0.39 is 56.2 Å². The van der Waals surface area contributed by atoms with Crippen LogP contribution in [0.5, 0.6) is 0 Å². The quantitative estimate of drug-likeness (QED) is 0.239. The third-order valence-corrected chi connectivity index (χ3v) is 12.7. The van der Waals surface area contributed by atoms with Crippen LogP contribution in [-0.4, -0.2) is 128 Å². The van der Waals surface area contributed by atoms with Crippen molar-refractivity contribution < 1.29 is 32.6 Å². The summed E-state index contributed by atoms with van der Waals surface area (Å²) in [5.41, 5.74) is 0.456. The number of likely N-dealkylation sites (tertiary alicyclic amines) is 1. The van der Waals surface area contributed by atoms with Gasteiger partial charge in [0, 0.05) is 38.0 Å². The Hall–Kier alpha value is -2.58. The molecule has 2 saturated heterocycles. The largest absolute Gasteiger partial charge is 0.390 e. The van der Waals surface area contributed by atoms with E-state index in [1.54, 1.807) is 0 Å². The lowest BCUT2D eigenvalue weighted by Crippen LogP contribution is -2.64. The van der Waals surface area contributed by atoms with Gasteiger partial charge in [0.1, 0.15) is 6.04 Å². The Morgan fingerprint density at radius 1 is 0.980 bits per heavy atom. The molecule has 1 aliphatic carbocycles. The van der Waals surface area contributed by atoms with Gasteiger partial charge < -0.3 is 25.8 Å². The van der Waals surface area contributed by atoms with Gasteiger partial charge in [0.15, 0.2) is 9.84 Å². The summed E-state index contributed by atoms with van der Waals surface area (Å²) in [7, 11) is -3.83. The number of rotatable bonds is 13. The first kappa shape index (κ1) is 39.2. The van der Waals surface area contributed by atoms with Crippen LogP contribution in [0.3, 0.4) is 0 Å². The van der Waals surface area contributed by atoms with Crippen LogP contribution in [0, 0.1) is 11.8 Å². The fraction of sp³-hybridized carbons (Fsp3) is 0.750. The molecule has 13 heteroatoms. The first-order valence-corrected chi connectivity index (χ1v) is 19.7. The van der Waals surface area contributed by atoms with E-state index in [4.69, 9.17) is 4.74 Å². The molecule has 2 unspecified atom stereocenters. The number of ether oxygens (including phenoxy) is 1. The highest BCUT2D eigenvalue weighted by atomic mass is 32.2. The van der Waals surface area contributed by atoms with Crippen molar-refractivity contribution in [3.05, 3.63) is 35.9 Å². The third kappa shape index (κ3) is 11.0. The Morgan fingerprint density at radius 3 is 2.22 bits per heavy atom. The average molecular weight is 706 g/mol. The Bertz CT molecular complexity index is 1380. The maximum Gasteiger partial charge on any atom is 0.244 e. The number of nitrogens with zero attached hydrogens (tertiary/aromatic N) is 2. The average Bonchev–Trinajstić information content (AvgIpc) is 3.02. The molecule has 49 heavy (non-hydrogen) atoms. The van der Waals surface area contributed by atoms with E-state index in [9.17, 15) is 27.9 Å². The molecule has 4 N–H and O–H groups in total. The van der Waals surface area contributed by atoms with Crippen LogP contribution in [0.4, 0.5) is 0 Å². The number of carbonyl (C=O) groups excluding carboxylic acids is 3. The molecule has 0 aromatic heterocycles. The Labute approximate surface area is 293 Å². The predicted molar refractivity (Wildman–Crippen MR) is 190 cm³/mol. The molecule has 276 valence electrons. The third-order valence-electron chi connectivity index (χ3n) is 10.5. The summed E-state index contributed by atoms with van der Waals surface area (Å²) in [6, 6.07) is 6.77. The van der Waals surface area contributed by atoms with Crippen molar-refractivity contribution in [1.82, 2.24) is 25.8 Å². The molecule has 0 bridgehead atoms. The summed E-state index contributed by atoms with van der Waals surface area (Å²) in [4.78, 5) is 45.0. The van der Waals surface area contributed by atoms with Gasteiger partial charge in [-0.2, -0.15) is 0 Å². The van der Waals surface area contributed by atoms with E-state index in [-0.39, 0.29) is 25.4 Å². The van der Waals surface area contributed by atoms with Gasteiger partial charge in [-0.05, 0) is 71.3 Å². The highest BCUT2D eigenvalue weighted by Gasteiger charge is 2.46. The van der Waals surface area contributed by atoms with Crippen LogP contribution in [0.15, 0.2) is 30.3 Å². The van der Waals surface area contributed by atoms with Gasteiger partial charge in [-0.1, -0.05) is 49.6 Å². The number of sulfone groups is 1. The maximum atomic E-state index is 14.2. The monoisotopic (exact) mass is 705 g/mol. The standard InChI is InChI=1S/C36H59N5O7S/c1-35(2,3)39-33(44)29-21-26-14-10-11-15-27(26)22-41(29)23-30(42)28(20-25-12-8-7-9-13-25)37-34(45)32(36(4,5)49(6,46)47)38-31(43)24-40-16-18-48-19-17-40/h7-9,12-13,26-30,32,42H,10-11,14-24H2,1-6H3,(H,37,45)(H,38,43)(H,39,44)/t26?,27?,28-,29-,30+,32+/m0/s1. The van der Waals surface area contributed by atoms with Gasteiger partial charge in [0.05, 0.1) is 42.7 Å². The lowest BCUT2D eigenvalue weighted by atomic mass is 9.72. The second kappa shape index (κ2) is 16.6. The number of benzene rings is 1. The van der Waals surface area contributed by atoms with E-state index in [0.29, 0.717) is 44.7 Å². The summed E-state index contributed by atoms with van der Waals surface area (Å²) in [5, 5.41) is 20.7. The van der Waals surface area contributed by atoms with Crippen LogP contribution in [0.25, 0.3) is 0 Å². The molecule has 2 heterocycles. The fourth-order valence-electron chi connectivity index (χ4n) is 7.35. The number of β-amino-alcohol motifs (C(OH)–C–C–N with tert-alkyl or cyclic N) is 1. The van der Waals surface area contributed by atoms with Gasteiger partial charge in [0.25, 0.3) is 0 Å². The zero-order chi connectivity index (χ0) is 36.0. The number of piperidine rings is 1. The molecule has 1 aromatic rings. The smallest absolute Gasteiger partial charge is 0.244 e. The normalized spacial score (nSPS) is 24.6. The minimum Gasteiger partial charge on any atom is -0.390 e. The molecule has 0 spiro atoms. The van der Waals surface area contributed by atoms with E-state index in [1.807, 2.05) is 56.0 Å². The number of aliphatic hydroxyl groups is 1. The number of carbonyl (C=O) groups is 3. The SMILES string of the molecule is CC(C)(C)NC(=O)[C@@H]1CC2CCCCC2CN1C[C@@H](O)[C@H](Cc1ccccc1)NC(=O)[C@@H](NC(=O)CN1CCOCC1)C(C)(C)S(C)(=O)=O. The number of amides is 3. The minimum absolute atomic E-state index is 0.00180. The van der Waals surface area contributed by atoms with Crippen LogP contribution < -0.4 is 16.0 Å². The van der Waals surface area contributed by atoms with Crippen molar-refractivity contribution in [1.29, 1.82) is 0 Å². The number of hydrogen-bond donors (Lipinski definition) is 4. The number of morpholine rings is 1. The maximum absolute atomic E-state index is 14.2. The van der Waals surface area contributed by atoms with Gasteiger partial charge >= 0.3 is 0 Å². The zero-order valence-corrected chi connectivity index (χ0v) is 31.1. The molecule has 3 amide bonds. The highest BCUT2D eigenvalue weighted by molar-refractivity contribution is 7.92. The molecule has 1 aromatic carbocycles. The van der Waals surface area contributed by atoms with Gasteiger partial charge in [-0.3, -0.25) is 24.2 Å². The van der Waals surface area contributed by atoms with E-state index in [2.05, 4.69) is 20.9 Å². The first-order valence-electron chi connectivity index (χ1n) is 17.8. The Balaban J connectivity index is 1.58. The van der Waals surface area contributed by atoms with Crippen LogP contribution in [-0.2, 0) is 35.4 Å². The van der Waals surface area contributed by atoms with E-state index in [1.165, 1.54) is 13.8 Å². The van der Waals surface area contributed by atoms with Gasteiger partial charge in [-0.15, -0.1) is 0 Å². The number of aliphatic hydroxyl groups excluding tert-OH is 1. The summed E-state index contributed by atoms with van der Waals surface area (Å²) < 4.78 is 29.7. The van der Waals surface area contributed by atoms with Gasteiger partial charge in [0.2, 0.25) is 17.7 Å². The summed E-state index contributed by atoms with van der Waals surface area (Å²) in [5.74, 6) is -0.341. The Kier molecular flexibility index (Phi) is 13.3. The molecule has 2 aliphatic heterocycles. The minimum atomic E-state index is -3.83. The van der Waals surface area contributed by atoms with Crippen molar-refractivity contribution in [2.45, 2.75) is 108 Å². The number of fused-ring (bicyclic) bond motifs is 1.